The molecule has 0 saturated heterocycles. The number of hydrogen-bond donors (Lipinski definition) is 1. The molecule has 0 atom stereocenters. The van der Waals surface area contributed by atoms with Gasteiger partial charge in [0.05, 0.1) is 10.4 Å². The zero-order chi connectivity index (χ0) is 20.9. The highest BCUT2D eigenvalue weighted by molar-refractivity contribution is 7.12. The second-order valence-corrected chi connectivity index (χ2v) is 7.09. The number of halogens is 3. The van der Waals surface area contributed by atoms with Crippen molar-refractivity contribution in [2.24, 2.45) is 0 Å². The van der Waals surface area contributed by atoms with Crippen LogP contribution in [-0.2, 0) is 12.8 Å². The molecule has 0 saturated carbocycles. The molecule has 7 heteroatoms. The molecular formula is C22H18F3NO2S. The van der Waals surface area contributed by atoms with Crippen molar-refractivity contribution < 1.29 is 22.7 Å². The van der Waals surface area contributed by atoms with Gasteiger partial charge in [-0.1, -0.05) is 30.4 Å². The Kier molecular flexibility index (Phi) is 6.39. The van der Waals surface area contributed by atoms with Gasteiger partial charge in [-0.15, -0.1) is 11.3 Å². The summed E-state index contributed by atoms with van der Waals surface area (Å²) in [6.45, 7) is 2.23. The summed E-state index contributed by atoms with van der Waals surface area (Å²) in [6, 6.07) is 13.7. The summed E-state index contributed by atoms with van der Waals surface area (Å²) in [7, 11) is 0. The molecule has 0 aliphatic heterocycles. The minimum atomic E-state index is -4.41. The van der Waals surface area contributed by atoms with Crippen molar-refractivity contribution in [1.82, 2.24) is 0 Å². The highest BCUT2D eigenvalue weighted by atomic mass is 32.1. The van der Waals surface area contributed by atoms with Crippen molar-refractivity contribution in [1.29, 1.82) is 0 Å². The first-order chi connectivity index (χ1) is 13.9. The molecule has 0 fully saturated rings. The summed E-state index contributed by atoms with van der Waals surface area (Å²) >= 11 is 1.25. The molecule has 3 nitrogen and oxygen atoms in total. The molecule has 0 radical (unpaired) electrons. The molecule has 3 rings (SSSR count). The largest absolute Gasteiger partial charge is 0.488 e. The Morgan fingerprint density at radius 2 is 1.86 bits per heavy atom. The lowest BCUT2D eigenvalue weighted by Crippen LogP contribution is -2.11. The van der Waals surface area contributed by atoms with E-state index in [0.29, 0.717) is 17.2 Å². The fourth-order valence-corrected chi connectivity index (χ4v) is 3.39. The van der Waals surface area contributed by atoms with Crippen LogP contribution in [0, 0.1) is 0 Å². The average molecular weight is 417 g/mol. The number of thiophene rings is 1. The van der Waals surface area contributed by atoms with E-state index in [-0.39, 0.29) is 5.91 Å². The van der Waals surface area contributed by atoms with Crippen LogP contribution in [0.1, 0.15) is 33.3 Å². The van der Waals surface area contributed by atoms with Crippen LogP contribution in [0.25, 0.3) is 6.08 Å². The van der Waals surface area contributed by atoms with E-state index in [1.54, 1.807) is 6.07 Å². The minimum absolute atomic E-state index is 0.300. The number of rotatable bonds is 6. The van der Waals surface area contributed by atoms with Crippen LogP contribution in [0.4, 0.5) is 18.9 Å². The van der Waals surface area contributed by atoms with E-state index >= 15 is 0 Å². The molecule has 1 aromatic heterocycles. The number of carbonyl (C=O) groups is 1. The van der Waals surface area contributed by atoms with Gasteiger partial charge >= 0.3 is 6.18 Å². The van der Waals surface area contributed by atoms with E-state index in [1.807, 2.05) is 48.7 Å². The Hall–Kier alpha value is -3.06. The molecule has 0 spiro atoms. The second kappa shape index (κ2) is 8.96. The van der Waals surface area contributed by atoms with Gasteiger partial charge < -0.3 is 10.1 Å². The molecule has 0 unspecified atom stereocenters. The second-order valence-electron chi connectivity index (χ2n) is 6.17. The third kappa shape index (κ3) is 5.48. The number of para-hydroxylation sites is 1. The quantitative estimate of drug-likeness (QED) is 0.489. The molecule has 1 heterocycles. The topological polar surface area (TPSA) is 38.3 Å². The van der Waals surface area contributed by atoms with Crippen molar-refractivity contribution in [3.63, 3.8) is 0 Å². The van der Waals surface area contributed by atoms with Gasteiger partial charge in [0.15, 0.2) is 0 Å². The van der Waals surface area contributed by atoms with Crippen LogP contribution in [0.15, 0.2) is 66.1 Å². The maximum absolute atomic E-state index is 12.6. The van der Waals surface area contributed by atoms with E-state index in [2.05, 4.69) is 5.32 Å². The Bertz CT molecular complexity index is 1010. The number of anilines is 1. The molecule has 3 aromatic rings. The van der Waals surface area contributed by atoms with E-state index in [1.165, 1.54) is 23.5 Å². The van der Waals surface area contributed by atoms with Crippen LogP contribution in [-0.4, -0.2) is 5.91 Å². The third-order valence-corrected chi connectivity index (χ3v) is 4.99. The molecule has 0 aliphatic rings. The zero-order valence-electron chi connectivity index (χ0n) is 15.5. The Morgan fingerprint density at radius 3 is 2.55 bits per heavy atom. The number of alkyl halides is 3. The van der Waals surface area contributed by atoms with Gasteiger partial charge in [-0.05, 0) is 48.7 Å². The van der Waals surface area contributed by atoms with Gasteiger partial charge in [0, 0.05) is 16.8 Å². The molecule has 150 valence electrons. The molecule has 1 amide bonds. The van der Waals surface area contributed by atoms with Crippen LogP contribution < -0.4 is 10.1 Å². The van der Waals surface area contributed by atoms with Crippen LogP contribution in [0.2, 0.25) is 0 Å². The predicted octanol–water partition coefficient (Wildman–Crippen LogP) is 6.63. The summed E-state index contributed by atoms with van der Waals surface area (Å²) in [6.07, 6.45) is -0.529. The van der Waals surface area contributed by atoms with Gasteiger partial charge in [0.25, 0.3) is 5.91 Å². The first-order valence-corrected chi connectivity index (χ1v) is 9.65. The predicted molar refractivity (Wildman–Crippen MR) is 109 cm³/mol. The Balaban J connectivity index is 1.62. The molecule has 0 bridgehead atoms. The summed E-state index contributed by atoms with van der Waals surface area (Å²) in [5, 5.41) is 4.42. The molecule has 1 N–H and O–H groups in total. The number of benzene rings is 2. The highest BCUT2D eigenvalue weighted by Crippen LogP contribution is 2.30. The maximum Gasteiger partial charge on any atom is 0.416 e. The van der Waals surface area contributed by atoms with Gasteiger partial charge in [-0.3, -0.25) is 4.79 Å². The number of allylic oxidation sites excluding steroid dienone is 1. The summed E-state index contributed by atoms with van der Waals surface area (Å²) in [5.41, 5.74) is 1.34. The fourth-order valence-electron chi connectivity index (χ4n) is 2.60. The Labute approximate surface area is 170 Å². The lowest BCUT2D eigenvalue weighted by Gasteiger charge is -2.08. The third-order valence-electron chi connectivity index (χ3n) is 4.01. The van der Waals surface area contributed by atoms with Crippen molar-refractivity contribution in [2.75, 3.05) is 5.32 Å². The zero-order valence-corrected chi connectivity index (χ0v) is 16.3. The number of amides is 1. The van der Waals surface area contributed by atoms with Crippen molar-refractivity contribution in [2.45, 2.75) is 19.7 Å². The lowest BCUT2D eigenvalue weighted by atomic mass is 10.2. The fraction of sp³-hybridized carbons (Fsp3) is 0.136. The summed E-state index contributed by atoms with van der Waals surface area (Å²) in [4.78, 5) is 12.8. The molecular weight excluding hydrogens is 399 g/mol. The number of hydrogen-bond acceptors (Lipinski definition) is 3. The van der Waals surface area contributed by atoms with Gasteiger partial charge in [-0.2, -0.15) is 13.2 Å². The van der Waals surface area contributed by atoms with Crippen molar-refractivity contribution >= 4 is 29.0 Å². The van der Waals surface area contributed by atoms with Crippen LogP contribution in [0.3, 0.4) is 0 Å². The molecule has 29 heavy (non-hydrogen) atoms. The van der Waals surface area contributed by atoms with Gasteiger partial charge in [-0.25, -0.2) is 0 Å². The van der Waals surface area contributed by atoms with E-state index in [4.69, 9.17) is 4.74 Å². The minimum Gasteiger partial charge on any atom is -0.488 e. The average Bonchev–Trinajstić information content (AvgIpc) is 3.16. The molecule has 2 aromatic carbocycles. The first-order valence-electron chi connectivity index (χ1n) is 8.77. The number of carbonyl (C=O) groups excluding carboxylic acids is 1. The first kappa shape index (κ1) is 20.7. The van der Waals surface area contributed by atoms with Gasteiger partial charge in [0.2, 0.25) is 0 Å². The van der Waals surface area contributed by atoms with E-state index < -0.39 is 11.7 Å². The van der Waals surface area contributed by atoms with Crippen LogP contribution >= 0.6 is 11.3 Å². The summed E-state index contributed by atoms with van der Waals surface area (Å²) in [5.74, 6) is 0.364. The maximum atomic E-state index is 12.6. The SMILES string of the molecule is C/C=C/c1ccccc1OCc1csc(C(=O)Nc2ccc(C(F)(F)F)cc2)c1. The lowest BCUT2D eigenvalue weighted by molar-refractivity contribution is -0.137. The Morgan fingerprint density at radius 1 is 1.14 bits per heavy atom. The van der Waals surface area contributed by atoms with E-state index in [9.17, 15) is 18.0 Å². The van der Waals surface area contributed by atoms with Crippen molar-refractivity contribution in [3.05, 3.63) is 87.6 Å². The smallest absolute Gasteiger partial charge is 0.416 e. The number of nitrogens with one attached hydrogen (secondary N) is 1. The van der Waals surface area contributed by atoms with Gasteiger partial charge in [0.1, 0.15) is 12.4 Å². The monoisotopic (exact) mass is 417 g/mol. The standard InChI is InChI=1S/C22H18F3NO2S/c1-2-5-16-6-3-4-7-19(16)28-13-15-12-20(29-14-15)21(27)26-18-10-8-17(9-11-18)22(23,24)25/h2-12,14H,13H2,1H3,(H,26,27)/b5-2+. The van der Waals surface area contributed by atoms with Crippen LogP contribution in [0.5, 0.6) is 5.75 Å². The molecule has 0 aliphatic carbocycles. The normalized spacial score (nSPS) is 11.6. The summed E-state index contributed by atoms with van der Waals surface area (Å²) < 4.78 is 43.7. The number of ether oxygens (including phenoxy) is 1. The van der Waals surface area contributed by atoms with E-state index in [0.717, 1.165) is 29.0 Å². The van der Waals surface area contributed by atoms with Crippen molar-refractivity contribution in [3.8, 4) is 5.75 Å². The highest BCUT2D eigenvalue weighted by Gasteiger charge is 2.30.